The third kappa shape index (κ3) is 2.75. The second kappa shape index (κ2) is 5.03. The highest BCUT2D eigenvalue weighted by atomic mass is 35.5. The van der Waals surface area contributed by atoms with Gasteiger partial charge in [-0.2, -0.15) is 0 Å². The lowest BCUT2D eigenvalue weighted by Crippen LogP contribution is -2.13. The third-order valence-corrected chi connectivity index (χ3v) is 2.83. The average molecular weight is 270 g/mol. The Morgan fingerprint density at radius 2 is 1.80 bits per heavy atom. The van der Waals surface area contributed by atoms with Crippen molar-refractivity contribution in [1.82, 2.24) is 0 Å². The average Bonchev–Trinajstić information content (AvgIpc) is 2.14. The van der Waals surface area contributed by atoms with Crippen LogP contribution in [0.15, 0.2) is 12.1 Å². The Labute approximate surface area is 102 Å². The van der Waals surface area contributed by atoms with E-state index in [9.17, 15) is 4.79 Å². The lowest BCUT2D eigenvalue weighted by molar-refractivity contribution is -0.148. The molecule has 1 aromatic rings. The van der Waals surface area contributed by atoms with Gasteiger partial charge in [-0.05, 0) is 12.1 Å². The zero-order valence-corrected chi connectivity index (χ0v) is 9.90. The monoisotopic (exact) mass is 268 g/mol. The highest BCUT2D eigenvalue weighted by Crippen LogP contribution is 2.33. The fraction of sp³-hybridized carbons (Fsp3) is 0.222. The molecule has 1 atom stereocenters. The van der Waals surface area contributed by atoms with E-state index < -0.39 is 12.1 Å². The number of benzene rings is 1. The Hall–Kier alpha value is -0.480. The summed E-state index contributed by atoms with van der Waals surface area (Å²) in [5.41, 5.74) is 0.279. The lowest BCUT2D eigenvalue weighted by Gasteiger charge is -2.13. The zero-order chi connectivity index (χ0) is 11.6. The summed E-state index contributed by atoms with van der Waals surface area (Å²) in [7, 11) is 1.28. The summed E-state index contributed by atoms with van der Waals surface area (Å²) in [6, 6.07) is 2.77. The van der Waals surface area contributed by atoms with Crippen LogP contribution in [0.25, 0.3) is 0 Å². The van der Waals surface area contributed by atoms with Crippen LogP contribution in [0.3, 0.4) is 0 Å². The molecule has 1 unspecified atom stereocenters. The quantitative estimate of drug-likeness (QED) is 0.855. The van der Waals surface area contributed by atoms with Crippen molar-refractivity contribution in [3.63, 3.8) is 0 Å². The van der Waals surface area contributed by atoms with Crippen molar-refractivity contribution in [1.29, 1.82) is 0 Å². The predicted molar refractivity (Wildman–Crippen MR) is 58.9 cm³/mol. The third-order valence-electron chi connectivity index (χ3n) is 1.78. The summed E-state index contributed by atoms with van der Waals surface area (Å²) >= 11 is 17.3. The van der Waals surface area contributed by atoms with Crippen LogP contribution in [0.2, 0.25) is 15.1 Å². The standard InChI is InChI=1S/C9H7Cl3O3/c1-15-8(9(13)14)4-2-6(11)7(12)3-5(4)10/h2-3,8H,1H3,(H,13,14). The van der Waals surface area contributed by atoms with E-state index in [-0.39, 0.29) is 20.6 Å². The molecule has 0 aliphatic carbocycles. The predicted octanol–water partition coefficient (Wildman–Crippen LogP) is 3.42. The smallest absolute Gasteiger partial charge is 0.337 e. The Balaban J connectivity index is 3.24. The van der Waals surface area contributed by atoms with Crippen molar-refractivity contribution in [3.05, 3.63) is 32.8 Å². The van der Waals surface area contributed by atoms with Gasteiger partial charge in [-0.15, -0.1) is 0 Å². The topological polar surface area (TPSA) is 46.5 Å². The summed E-state index contributed by atoms with van der Waals surface area (Å²) in [6.07, 6.45) is -1.15. The Kier molecular flexibility index (Phi) is 4.22. The number of aliphatic carboxylic acids is 1. The van der Waals surface area contributed by atoms with E-state index in [1.165, 1.54) is 19.2 Å². The minimum Gasteiger partial charge on any atom is -0.479 e. The second-order valence-electron chi connectivity index (χ2n) is 2.74. The van der Waals surface area contributed by atoms with Gasteiger partial charge in [-0.25, -0.2) is 4.79 Å². The molecule has 0 aliphatic heterocycles. The molecule has 0 saturated carbocycles. The highest BCUT2D eigenvalue weighted by Gasteiger charge is 2.22. The van der Waals surface area contributed by atoms with Gasteiger partial charge in [0.15, 0.2) is 6.10 Å². The number of hydrogen-bond acceptors (Lipinski definition) is 2. The van der Waals surface area contributed by atoms with Crippen molar-refractivity contribution < 1.29 is 14.6 Å². The largest absolute Gasteiger partial charge is 0.479 e. The molecule has 6 heteroatoms. The summed E-state index contributed by atoms with van der Waals surface area (Å²) in [5, 5.41) is 9.56. The summed E-state index contributed by atoms with van der Waals surface area (Å²) < 4.78 is 4.79. The molecule has 0 heterocycles. The van der Waals surface area contributed by atoms with Gasteiger partial charge in [0.2, 0.25) is 0 Å². The van der Waals surface area contributed by atoms with Crippen molar-refractivity contribution in [2.45, 2.75) is 6.10 Å². The minimum atomic E-state index is -1.15. The van der Waals surface area contributed by atoms with E-state index in [4.69, 9.17) is 44.6 Å². The van der Waals surface area contributed by atoms with Gasteiger partial charge >= 0.3 is 5.97 Å². The molecule has 1 rings (SSSR count). The lowest BCUT2D eigenvalue weighted by atomic mass is 10.1. The number of carboxylic acids is 1. The number of hydrogen-bond donors (Lipinski definition) is 1. The molecule has 3 nitrogen and oxygen atoms in total. The SMILES string of the molecule is COC(C(=O)O)c1cc(Cl)c(Cl)cc1Cl. The van der Waals surface area contributed by atoms with Gasteiger partial charge in [0.05, 0.1) is 10.0 Å². The van der Waals surface area contributed by atoms with Crippen LogP contribution in [0, 0.1) is 0 Å². The molecular weight excluding hydrogens is 262 g/mol. The van der Waals surface area contributed by atoms with Crippen molar-refractivity contribution in [3.8, 4) is 0 Å². The van der Waals surface area contributed by atoms with Crippen LogP contribution < -0.4 is 0 Å². The van der Waals surface area contributed by atoms with E-state index in [1.807, 2.05) is 0 Å². The van der Waals surface area contributed by atoms with Crippen molar-refractivity contribution in [2.75, 3.05) is 7.11 Å². The maximum Gasteiger partial charge on any atom is 0.337 e. The highest BCUT2D eigenvalue weighted by molar-refractivity contribution is 6.43. The number of carbonyl (C=O) groups is 1. The van der Waals surface area contributed by atoms with Crippen molar-refractivity contribution >= 4 is 40.8 Å². The number of methoxy groups -OCH3 is 1. The van der Waals surface area contributed by atoms with Crippen LogP contribution in [0.1, 0.15) is 11.7 Å². The van der Waals surface area contributed by atoms with E-state index in [0.717, 1.165) is 0 Å². The Bertz CT molecular complexity index is 392. The van der Waals surface area contributed by atoms with Crippen molar-refractivity contribution in [2.24, 2.45) is 0 Å². The molecule has 15 heavy (non-hydrogen) atoms. The first-order valence-electron chi connectivity index (χ1n) is 3.87. The number of ether oxygens (including phenoxy) is 1. The molecule has 0 amide bonds. The first kappa shape index (κ1) is 12.6. The van der Waals surface area contributed by atoms with E-state index in [2.05, 4.69) is 0 Å². The molecule has 0 saturated heterocycles. The number of carboxylic acid groups (broad SMARTS) is 1. The molecule has 0 radical (unpaired) electrons. The Morgan fingerprint density at radius 3 is 2.27 bits per heavy atom. The van der Waals surface area contributed by atoms with Gasteiger partial charge in [0, 0.05) is 17.7 Å². The molecule has 1 N–H and O–H groups in total. The maximum absolute atomic E-state index is 10.8. The molecule has 0 fully saturated rings. The van der Waals surface area contributed by atoms with Gasteiger partial charge in [0.25, 0.3) is 0 Å². The fourth-order valence-electron chi connectivity index (χ4n) is 1.10. The second-order valence-corrected chi connectivity index (χ2v) is 3.96. The van der Waals surface area contributed by atoms with Gasteiger partial charge in [-0.3, -0.25) is 0 Å². The molecule has 82 valence electrons. The molecule has 0 spiro atoms. The molecule has 0 aliphatic rings. The zero-order valence-electron chi connectivity index (χ0n) is 7.63. The van der Waals surface area contributed by atoms with Gasteiger partial charge in [0.1, 0.15) is 0 Å². The Morgan fingerprint density at radius 1 is 1.27 bits per heavy atom. The summed E-state index contributed by atoms with van der Waals surface area (Å²) in [5.74, 6) is -1.14. The first-order valence-corrected chi connectivity index (χ1v) is 5.00. The fourth-order valence-corrected chi connectivity index (χ4v) is 1.75. The minimum absolute atomic E-state index is 0.207. The molecular formula is C9H7Cl3O3. The van der Waals surface area contributed by atoms with Crippen LogP contribution >= 0.6 is 34.8 Å². The first-order chi connectivity index (χ1) is 6.97. The van der Waals surface area contributed by atoms with Crippen LogP contribution in [0.4, 0.5) is 0 Å². The van der Waals surface area contributed by atoms with Crippen LogP contribution in [-0.4, -0.2) is 18.2 Å². The number of halogens is 3. The molecule has 1 aromatic carbocycles. The van der Waals surface area contributed by atoms with E-state index >= 15 is 0 Å². The van der Waals surface area contributed by atoms with E-state index in [1.54, 1.807) is 0 Å². The summed E-state index contributed by atoms with van der Waals surface area (Å²) in [6.45, 7) is 0. The van der Waals surface area contributed by atoms with Gasteiger partial charge < -0.3 is 9.84 Å². The van der Waals surface area contributed by atoms with Crippen LogP contribution in [0.5, 0.6) is 0 Å². The maximum atomic E-state index is 10.8. The number of rotatable bonds is 3. The molecule has 0 bridgehead atoms. The van der Waals surface area contributed by atoms with Gasteiger partial charge in [-0.1, -0.05) is 34.8 Å². The van der Waals surface area contributed by atoms with Crippen LogP contribution in [-0.2, 0) is 9.53 Å². The summed E-state index contributed by atoms with van der Waals surface area (Å²) in [4.78, 5) is 10.8. The normalized spacial score (nSPS) is 12.5. The van der Waals surface area contributed by atoms with E-state index in [0.29, 0.717) is 0 Å². The molecule has 0 aromatic heterocycles.